The molecular weight excluding hydrogens is 394 g/mol. The molecule has 29 heavy (non-hydrogen) atoms. The average Bonchev–Trinajstić information content (AvgIpc) is 2.94. The minimum Gasteiger partial charge on any atom is -0.322 e. The van der Waals surface area contributed by atoms with E-state index >= 15 is 0 Å². The van der Waals surface area contributed by atoms with Gasteiger partial charge in [-0.15, -0.1) is 0 Å². The molecule has 0 aromatic heterocycles. The Labute approximate surface area is 162 Å². The summed E-state index contributed by atoms with van der Waals surface area (Å²) in [5.74, 6) is -7.08. The number of anilines is 1. The average molecular weight is 409 g/mol. The van der Waals surface area contributed by atoms with Gasteiger partial charge in [0.25, 0.3) is 5.91 Å². The monoisotopic (exact) mass is 409 g/mol. The van der Waals surface area contributed by atoms with Crippen LogP contribution in [0.3, 0.4) is 0 Å². The van der Waals surface area contributed by atoms with E-state index in [9.17, 15) is 31.9 Å². The first kappa shape index (κ1) is 20.3. The SMILES string of the molecule is CC[C@]1(c2ccc(F)cc2)NC(=O)N(CC(=O)Nc2ccc(F)c(F)c2F)C1=O. The van der Waals surface area contributed by atoms with Crippen LogP contribution in [0.2, 0.25) is 0 Å². The third-order valence-electron chi connectivity index (χ3n) is 4.65. The van der Waals surface area contributed by atoms with Crippen molar-refractivity contribution < 1.29 is 31.9 Å². The maximum Gasteiger partial charge on any atom is 0.325 e. The number of hydrogen-bond acceptors (Lipinski definition) is 3. The number of imide groups is 1. The number of carbonyl (C=O) groups is 3. The zero-order chi connectivity index (χ0) is 21.3. The molecular formula is C19H15F4N3O3. The Morgan fingerprint density at radius 3 is 2.31 bits per heavy atom. The predicted molar refractivity (Wildman–Crippen MR) is 93.6 cm³/mol. The number of halogens is 4. The highest BCUT2D eigenvalue weighted by atomic mass is 19.2. The lowest BCUT2D eigenvalue weighted by atomic mass is 9.87. The van der Waals surface area contributed by atoms with Gasteiger partial charge in [-0.1, -0.05) is 19.1 Å². The van der Waals surface area contributed by atoms with Crippen molar-refractivity contribution >= 4 is 23.5 Å². The number of nitrogens with zero attached hydrogens (tertiary/aromatic N) is 1. The molecule has 1 fully saturated rings. The molecule has 2 aromatic rings. The molecule has 2 aromatic carbocycles. The Morgan fingerprint density at radius 2 is 1.69 bits per heavy atom. The van der Waals surface area contributed by atoms with Crippen LogP contribution in [-0.4, -0.2) is 29.3 Å². The fourth-order valence-corrected chi connectivity index (χ4v) is 3.10. The van der Waals surface area contributed by atoms with Gasteiger partial charge in [-0.25, -0.2) is 22.4 Å². The van der Waals surface area contributed by atoms with Gasteiger partial charge >= 0.3 is 6.03 Å². The summed E-state index contributed by atoms with van der Waals surface area (Å²) in [6, 6.07) is 5.52. The van der Waals surface area contributed by atoms with Gasteiger partial charge in [0, 0.05) is 0 Å². The van der Waals surface area contributed by atoms with Crippen LogP contribution in [0.4, 0.5) is 28.0 Å². The molecule has 0 radical (unpaired) electrons. The first-order chi connectivity index (χ1) is 13.7. The maximum absolute atomic E-state index is 13.7. The summed E-state index contributed by atoms with van der Waals surface area (Å²) in [5.41, 5.74) is -1.80. The smallest absolute Gasteiger partial charge is 0.322 e. The highest BCUT2D eigenvalue weighted by Gasteiger charge is 2.51. The molecule has 0 spiro atoms. The molecule has 10 heteroatoms. The Morgan fingerprint density at radius 1 is 1.03 bits per heavy atom. The van der Waals surface area contributed by atoms with E-state index in [0.29, 0.717) is 16.5 Å². The number of benzene rings is 2. The van der Waals surface area contributed by atoms with Gasteiger partial charge in [-0.3, -0.25) is 14.5 Å². The minimum atomic E-state index is -1.76. The Balaban J connectivity index is 1.80. The summed E-state index contributed by atoms with van der Waals surface area (Å²) in [5, 5.41) is 4.50. The van der Waals surface area contributed by atoms with Crippen LogP contribution in [0.5, 0.6) is 0 Å². The molecule has 3 rings (SSSR count). The van der Waals surface area contributed by atoms with Crippen molar-refractivity contribution in [1.82, 2.24) is 10.2 Å². The van der Waals surface area contributed by atoms with Gasteiger partial charge in [0.05, 0.1) is 5.69 Å². The van der Waals surface area contributed by atoms with E-state index in [2.05, 4.69) is 5.32 Å². The van der Waals surface area contributed by atoms with Crippen molar-refractivity contribution in [1.29, 1.82) is 0 Å². The largest absolute Gasteiger partial charge is 0.325 e. The molecule has 0 saturated carbocycles. The number of nitrogens with one attached hydrogen (secondary N) is 2. The molecule has 1 aliphatic rings. The third kappa shape index (κ3) is 3.53. The Hall–Kier alpha value is -3.43. The van der Waals surface area contributed by atoms with Gasteiger partial charge in [0.2, 0.25) is 5.91 Å². The predicted octanol–water partition coefficient (Wildman–Crippen LogP) is 3.04. The van der Waals surface area contributed by atoms with Gasteiger partial charge in [-0.05, 0) is 36.2 Å². The second-order valence-electron chi connectivity index (χ2n) is 6.36. The van der Waals surface area contributed by atoms with E-state index in [-0.39, 0.29) is 6.42 Å². The molecule has 0 bridgehead atoms. The van der Waals surface area contributed by atoms with Crippen molar-refractivity contribution in [2.75, 3.05) is 11.9 Å². The molecule has 4 amide bonds. The fourth-order valence-electron chi connectivity index (χ4n) is 3.10. The highest BCUT2D eigenvalue weighted by molar-refractivity contribution is 6.10. The first-order valence-electron chi connectivity index (χ1n) is 8.53. The summed E-state index contributed by atoms with van der Waals surface area (Å²) in [7, 11) is 0. The number of urea groups is 1. The maximum atomic E-state index is 13.7. The lowest BCUT2D eigenvalue weighted by Gasteiger charge is -2.25. The number of rotatable bonds is 5. The van der Waals surface area contributed by atoms with Gasteiger partial charge < -0.3 is 10.6 Å². The van der Waals surface area contributed by atoms with E-state index in [1.54, 1.807) is 6.92 Å². The molecule has 1 heterocycles. The zero-order valence-corrected chi connectivity index (χ0v) is 15.1. The summed E-state index contributed by atoms with van der Waals surface area (Å²) >= 11 is 0. The highest BCUT2D eigenvalue weighted by Crippen LogP contribution is 2.32. The standard InChI is InChI=1S/C19H15F4N3O3/c1-2-19(10-3-5-11(20)6-4-10)17(28)26(18(29)25-19)9-14(27)24-13-8-7-12(21)15(22)16(13)23/h3-8H,2,9H2,1H3,(H,24,27)(H,25,29)/t19-/m1/s1. The third-order valence-corrected chi connectivity index (χ3v) is 4.65. The molecule has 6 nitrogen and oxygen atoms in total. The lowest BCUT2D eigenvalue weighted by molar-refractivity contribution is -0.134. The molecule has 0 unspecified atom stereocenters. The van der Waals surface area contributed by atoms with Crippen LogP contribution in [0, 0.1) is 23.3 Å². The normalized spacial score (nSPS) is 18.7. The fraction of sp³-hybridized carbons (Fsp3) is 0.211. The van der Waals surface area contributed by atoms with E-state index < -0.39 is 58.9 Å². The number of carbonyl (C=O) groups excluding carboxylic acids is 3. The zero-order valence-electron chi connectivity index (χ0n) is 15.1. The van der Waals surface area contributed by atoms with E-state index in [0.717, 1.165) is 18.2 Å². The second-order valence-corrected chi connectivity index (χ2v) is 6.36. The molecule has 0 aliphatic carbocycles. The van der Waals surface area contributed by atoms with Crippen LogP contribution in [0.1, 0.15) is 18.9 Å². The van der Waals surface area contributed by atoms with Crippen molar-refractivity contribution in [2.24, 2.45) is 0 Å². The van der Waals surface area contributed by atoms with Crippen molar-refractivity contribution in [3.63, 3.8) is 0 Å². The summed E-state index contributed by atoms with van der Waals surface area (Å²) in [4.78, 5) is 38.0. The van der Waals surface area contributed by atoms with Crippen LogP contribution >= 0.6 is 0 Å². The molecule has 1 aliphatic heterocycles. The van der Waals surface area contributed by atoms with E-state index in [1.165, 1.54) is 12.1 Å². The number of hydrogen-bond donors (Lipinski definition) is 2. The Bertz CT molecular complexity index is 997. The summed E-state index contributed by atoms with van der Waals surface area (Å²) in [6.45, 7) is 0.841. The van der Waals surface area contributed by atoms with E-state index in [1.807, 2.05) is 5.32 Å². The van der Waals surface area contributed by atoms with Crippen LogP contribution in [0.15, 0.2) is 36.4 Å². The van der Waals surface area contributed by atoms with Crippen LogP contribution in [0.25, 0.3) is 0 Å². The van der Waals surface area contributed by atoms with Crippen LogP contribution in [-0.2, 0) is 15.1 Å². The molecule has 2 N–H and O–H groups in total. The summed E-state index contributed by atoms with van der Waals surface area (Å²) in [6.07, 6.45) is 0.124. The molecule has 152 valence electrons. The van der Waals surface area contributed by atoms with Crippen molar-refractivity contribution in [3.05, 3.63) is 65.2 Å². The first-order valence-corrected chi connectivity index (χ1v) is 8.53. The quantitative estimate of drug-likeness (QED) is 0.453. The van der Waals surface area contributed by atoms with Gasteiger partial charge in [0.1, 0.15) is 17.9 Å². The summed E-state index contributed by atoms with van der Waals surface area (Å²) < 4.78 is 53.2. The molecule has 1 atom stereocenters. The van der Waals surface area contributed by atoms with Gasteiger partial charge in [0.15, 0.2) is 17.5 Å². The Kier molecular flexibility index (Phi) is 5.27. The lowest BCUT2D eigenvalue weighted by Crippen LogP contribution is -2.44. The van der Waals surface area contributed by atoms with Gasteiger partial charge in [-0.2, -0.15) is 0 Å². The molecule has 1 saturated heterocycles. The topological polar surface area (TPSA) is 78.5 Å². The minimum absolute atomic E-state index is 0.124. The van der Waals surface area contributed by atoms with Crippen molar-refractivity contribution in [3.8, 4) is 0 Å². The van der Waals surface area contributed by atoms with Crippen molar-refractivity contribution in [2.45, 2.75) is 18.9 Å². The van der Waals surface area contributed by atoms with Crippen LogP contribution < -0.4 is 10.6 Å². The van der Waals surface area contributed by atoms with E-state index in [4.69, 9.17) is 0 Å². The second kappa shape index (κ2) is 7.53. The number of amides is 4.